The number of aromatic nitrogens is 5. The number of rotatable bonds is 4. The first-order valence-electron chi connectivity index (χ1n) is 9.88. The van der Waals surface area contributed by atoms with E-state index in [0.29, 0.717) is 6.01 Å². The zero-order valence-electron chi connectivity index (χ0n) is 15.4. The molecular weight excluding hydrogens is 340 g/mol. The highest BCUT2D eigenvalue weighted by Crippen LogP contribution is 2.27. The van der Waals surface area contributed by atoms with Crippen LogP contribution in [0, 0.1) is 0 Å². The molecule has 1 aliphatic carbocycles. The van der Waals surface area contributed by atoms with E-state index in [1.807, 2.05) is 35.1 Å². The average molecular weight is 364 g/mol. The van der Waals surface area contributed by atoms with Gasteiger partial charge in [-0.2, -0.15) is 0 Å². The lowest BCUT2D eigenvalue weighted by molar-refractivity contribution is 0.0710. The first-order chi connectivity index (χ1) is 13.3. The van der Waals surface area contributed by atoms with Crippen molar-refractivity contribution in [3.63, 3.8) is 0 Å². The van der Waals surface area contributed by atoms with E-state index in [4.69, 9.17) is 4.74 Å². The van der Waals surface area contributed by atoms with Crippen molar-refractivity contribution < 1.29 is 4.74 Å². The lowest BCUT2D eigenvalue weighted by atomic mass is 10.0. The average Bonchev–Trinajstić information content (AvgIpc) is 3.41. The molecule has 4 heterocycles. The van der Waals surface area contributed by atoms with Gasteiger partial charge in [-0.25, -0.2) is 9.97 Å². The first-order valence-corrected chi connectivity index (χ1v) is 9.88. The van der Waals surface area contributed by atoms with Crippen LogP contribution in [-0.2, 0) is 0 Å². The van der Waals surface area contributed by atoms with E-state index in [0.717, 1.165) is 48.7 Å². The summed E-state index contributed by atoms with van der Waals surface area (Å²) in [4.78, 5) is 11.5. The number of nitrogens with zero attached hydrogens (tertiary/aromatic N) is 6. The summed E-state index contributed by atoms with van der Waals surface area (Å²) in [5.74, 6) is 0. The van der Waals surface area contributed by atoms with Crippen LogP contribution in [0.5, 0.6) is 6.01 Å². The summed E-state index contributed by atoms with van der Waals surface area (Å²) < 4.78 is 7.91. The predicted octanol–water partition coefficient (Wildman–Crippen LogP) is 2.97. The maximum atomic E-state index is 6.04. The van der Waals surface area contributed by atoms with Gasteiger partial charge >= 0.3 is 6.01 Å². The second-order valence-corrected chi connectivity index (χ2v) is 7.56. The Morgan fingerprint density at radius 3 is 2.52 bits per heavy atom. The van der Waals surface area contributed by atoms with E-state index in [1.54, 1.807) is 6.33 Å². The van der Waals surface area contributed by atoms with Gasteiger partial charge in [0.15, 0.2) is 5.65 Å². The van der Waals surface area contributed by atoms with Crippen molar-refractivity contribution in [3.05, 3.63) is 37.1 Å². The predicted molar refractivity (Wildman–Crippen MR) is 101 cm³/mol. The Bertz CT molecular complexity index is 894. The SMILES string of the molecule is c1cn2cnnc2cc1-c1cnc(OC2CCN(C3CCCC3)CC2)nc1. The fourth-order valence-corrected chi connectivity index (χ4v) is 4.30. The quantitative estimate of drug-likeness (QED) is 0.709. The van der Waals surface area contributed by atoms with Crippen LogP contribution in [0.4, 0.5) is 0 Å². The Hall–Kier alpha value is -2.54. The van der Waals surface area contributed by atoms with E-state index in [2.05, 4.69) is 25.1 Å². The smallest absolute Gasteiger partial charge is 0.316 e. The topological polar surface area (TPSA) is 68.4 Å². The van der Waals surface area contributed by atoms with E-state index >= 15 is 0 Å². The van der Waals surface area contributed by atoms with Crippen LogP contribution in [0.25, 0.3) is 16.8 Å². The summed E-state index contributed by atoms with van der Waals surface area (Å²) in [5.41, 5.74) is 2.78. The van der Waals surface area contributed by atoms with E-state index < -0.39 is 0 Å². The Kier molecular flexibility index (Phi) is 4.45. The maximum absolute atomic E-state index is 6.04. The minimum Gasteiger partial charge on any atom is -0.460 e. The highest BCUT2D eigenvalue weighted by Gasteiger charge is 2.28. The molecule has 7 nitrogen and oxygen atoms in total. The van der Waals surface area contributed by atoms with Crippen LogP contribution in [0.2, 0.25) is 0 Å². The van der Waals surface area contributed by atoms with Gasteiger partial charge < -0.3 is 9.64 Å². The minimum absolute atomic E-state index is 0.223. The lowest BCUT2D eigenvalue weighted by Gasteiger charge is -2.35. The van der Waals surface area contributed by atoms with E-state index in [9.17, 15) is 0 Å². The zero-order valence-corrected chi connectivity index (χ0v) is 15.4. The Morgan fingerprint density at radius 1 is 0.963 bits per heavy atom. The van der Waals surface area contributed by atoms with Crippen molar-refractivity contribution in [3.8, 4) is 17.1 Å². The largest absolute Gasteiger partial charge is 0.460 e. The summed E-state index contributed by atoms with van der Waals surface area (Å²) in [5, 5.41) is 7.98. The molecule has 0 atom stereocenters. The molecule has 0 radical (unpaired) electrons. The molecule has 0 bridgehead atoms. The molecule has 3 aromatic rings. The molecule has 5 rings (SSSR count). The highest BCUT2D eigenvalue weighted by atomic mass is 16.5. The molecule has 2 fully saturated rings. The molecule has 140 valence electrons. The molecule has 1 saturated carbocycles. The fourth-order valence-electron chi connectivity index (χ4n) is 4.30. The Morgan fingerprint density at radius 2 is 1.74 bits per heavy atom. The molecule has 2 aliphatic rings. The second-order valence-electron chi connectivity index (χ2n) is 7.56. The summed E-state index contributed by atoms with van der Waals surface area (Å²) in [7, 11) is 0. The van der Waals surface area contributed by atoms with Gasteiger partial charge in [-0.3, -0.25) is 4.40 Å². The molecule has 3 aromatic heterocycles. The molecular formula is C20H24N6O. The number of likely N-dealkylation sites (tertiary alicyclic amines) is 1. The van der Waals surface area contributed by atoms with Crippen molar-refractivity contribution in [1.82, 2.24) is 29.5 Å². The van der Waals surface area contributed by atoms with Crippen molar-refractivity contribution in [2.45, 2.75) is 50.7 Å². The maximum Gasteiger partial charge on any atom is 0.316 e. The number of ether oxygens (including phenoxy) is 1. The third kappa shape index (κ3) is 3.51. The molecule has 27 heavy (non-hydrogen) atoms. The number of fused-ring (bicyclic) bond motifs is 1. The van der Waals surface area contributed by atoms with E-state index in [-0.39, 0.29) is 6.10 Å². The summed E-state index contributed by atoms with van der Waals surface area (Å²) >= 11 is 0. The van der Waals surface area contributed by atoms with Crippen molar-refractivity contribution in [1.29, 1.82) is 0 Å². The Labute approximate surface area is 158 Å². The first kappa shape index (κ1) is 16.6. The number of hydrogen-bond acceptors (Lipinski definition) is 6. The number of piperidine rings is 1. The summed E-state index contributed by atoms with van der Waals surface area (Å²) in [6.45, 7) is 2.26. The molecule has 0 N–H and O–H groups in total. The van der Waals surface area contributed by atoms with Crippen LogP contribution in [0.3, 0.4) is 0 Å². The third-order valence-electron chi connectivity index (χ3n) is 5.85. The van der Waals surface area contributed by atoms with Crippen molar-refractivity contribution in [2.75, 3.05) is 13.1 Å². The molecule has 1 aliphatic heterocycles. The van der Waals surface area contributed by atoms with Gasteiger partial charge in [0.2, 0.25) is 0 Å². The fraction of sp³-hybridized carbons (Fsp3) is 0.500. The van der Waals surface area contributed by atoms with Gasteiger partial charge in [0, 0.05) is 43.3 Å². The standard InChI is InChI=1S/C20H24N6O/c1-2-4-17(3-1)25-9-6-18(7-10-25)27-20-21-12-16(13-22-20)15-5-8-26-14-23-24-19(26)11-15/h5,8,11-14,17-18H,1-4,6-7,9-10H2. The van der Waals surface area contributed by atoms with E-state index in [1.165, 1.54) is 25.7 Å². The lowest BCUT2D eigenvalue weighted by Crippen LogP contribution is -2.43. The zero-order chi connectivity index (χ0) is 18.1. The Balaban J connectivity index is 1.20. The molecule has 0 aromatic carbocycles. The van der Waals surface area contributed by atoms with Crippen LogP contribution in [0.1, 0.15) is 38.5 Å². The number of pyridine rings is 1. The highest BCUT2D eigenvalue weighted by molar-refractivity contribution is 5.65. The molecule has 0 unspecified atom stereocenters. The van der Waals surface area contributed by atoms with Gasteiger partial charge in [0.05, 0.1) is 0 Å². The van der Waals surface area contributed by atoms with Crippen LogP contribution >= 0.6 is 0 Å². The number of hydrogen-bond donors (Lipinski definition) is 0. The van der Waals surface area contributed by atoms with Gasteiger partial charge in [0.25, 0.3) is 0 Å². The van der Waals surface area contributed by atoms with Crippen molar-refractivity contribution >= 4 is 5.65 Å². The summed E-state index contributed by atoms with van der Waals surface area (Å²) in [6.07, 6.45) is 15.1. The minimum atomic E-state index is 0.223. The molecule has 1 saturated heterocycles. The molecule has 0 amide bonds. The monoisotopic (exact) mass is 364 g/mol. The summed E-state index contributed by atoms with van der Waals surface area (Å²) in [6, 6.07) is 5.27. The second kappa shape index (κ2) is 7.23. The van der Waals surface area contributed by atoms with Crippen LogP contribution in [-0.4, -0.2) is 54.7 Å². The van der Waals surface area contributed by atoms with Crippen LogP contribution in [0.15, 0.2) is 37.1 Å². The molecule has 7 heteroatoms. The van der Waals surface area contributed by atoms with Crippen LogP contribution < -0.4 is 4.74 Å². The van der Waals surface area contributed by atoms with Gasteiger partial charge in [0.1, 0.15) is 12.4 Å². The third-order valence-corrected chi connectivity index (χ3v) is 5.85. The van der Waals surface area contributed by atoms with Gasteiger partial charge in [-0.05, 0) is 43.4 Å². The normalized spacial score (nSPS) is 19.7. The van der Waals surface area contributed by atoms with Crippen molar-refractivity contribution in [2.24, 2.45) is 0 Å². The molecule has 0 spiro atoms. The van der Waals surface area contributed by atoms with Gasteiger partial charge in [-0.15, -0.1) is 10.2 Å². The van der Waals surface area contributed by atoms with Gasteiger partial charge in [-0.1, -0.05) is 12.8 Å².